The molecular weight excluding hydrogens is 316 g/mol. The standard InChI is InChI=1S/C20H26N2O3/c1-15-5-3-6-18(13-15)17-7-11-21(12-8-17)19(24)20(25)9-4-10-22(14-20)16(2)23/h3,5-7,13,25H,4,8-12,14H2,1-2H3/t20-/m1/s1. The smallest absolute Gasteiger partial charge is 0.256 e. The zero-order valence-electron chi connectivity index (χ0n) is 15.0. The van der Waals surface area contributed by atoms with Crippen molar-refractivity contribution in [3.05, 3.63) is 41.5 Å². The van der Waals surface area contributed by atoms with Gasteiger partial charge in [-0.1, -0.05) is 35.9 Å². The van der Waals surface area contributed by atoms with Gasteiger partial charge in [-0.15, -0.1) is 0 Å². The summed E-state index contributed by atoms with van der Waals surface area (Å²) < 4.78 is 0. The van der Waals surface area contributed by atoms with Crippen LogP contribution in [0.25, 0.3) is 5.57 Å². The number of β-amino-alcohol motifs (C(OH)–C–C–N with tert-alkyl or cyclic N) is 1. The second-order valence-corrected chi connectivity index (χ2v) is 7.18. The minimum absolute atomic E-state index is 0.0915. The number of hydrogen-bond acceptors (Lipinski definition) is 3. The Kier molecular flexibility index (Phi) is 4.95. The van der Waals surface area contributed by atoms with Crippen LogP contribution in [0.5, 0.6) is 0 Å². The quantitative estimate of drug-likeness (QED) is 0.894. The number of rotatable bonds is 2. The number of aryl methyl sites for hydroxylation is 1. The molecule has 5 heteroatoms. The van der Waals surface area contributed by atoms with Crippen LogP contribution in [-0.2, 0) is 9.59 Å². The van der Waals surface area contributed by atoms with Crippen LogP contribution in [0.1, 0.15) is 37.3 Å². The molecule has 1 aromatic carbocycles. The third-order valence-corrected chi connectivity index (χ3v) is 5.20. The average molecular weight is 342 g/mol. The molecule has 134 valence electrons. The number of likely N-dealkylation sites (tertiary alicyclic amines) is 1. The predicted molar refractivity (Wildman–Crippen MR) is 96.8 cm³/mol. The largest absolute Gasteiger partial charge is 0.378 e. The summed E-state index contributed by atoms with van der Waals surface area (Å²) in [5.74, 6) is -0.343. The Morgan fingerprint density at radius 3 is 2.64 bits per heavy atom. The molecule has 5 nitrogen and oxygen atoms in total. The molecule has 0 saturated carbocycles. The first-order valence-electron chi connectivity index (χ1n) is 8.92. The molecular formula is C20H26N2O3. The molecule has 0 aliphatic carbocycles. The van der Waals surface area contributed by atoms with Crippen LogP contribution in [0.15, 0.2) is 30.3 Å². The fraction of sp³-hybridized carbons (Fsp3) is 0.500. The molecule has 1 aromatic rings. The molecule has 2 aliphatic heterocycles. The van der Waals surface area contributed by atoms with E-state index in [4.69, 9.17) is 0 Å². The number of aliphatic hydroxyl groups is 1. The lowest BCUT2D eigenvalue weighted by Gasteiger charge is -2.41. The first kappa shape index (κ1) is 17.7. The molecule has 0 radical (unpaired) electrons. The molecule has 2 heterocycles. The average Bonchev–Trinajstić information content (AvgIpc) is 2.61. The Bertz CT molecular complexity index is 713. The first-order chi connectivity index (χ1) is 11.9. The summed E-state index contributed by atoms with van der Waals surface area (Å²) in [6.45, 7) is 5.37. The van der Waals surface area contributed by atoms with Gasteiger partial charge in [-0.2, -0.15) is 0 Å². The van der Waals surface area contributed by atoms with Crippen molar-refractivity contribution in [2.24, 2.45) is 0 Å². The van der Waals surface area contributed by atoms with Crippen molar-refractivity contribution >= 4 is 17.4 Å². The molecule has 1 N–H and O–H groups in total. The Labute approximate surface area is 148 Å². The van der Waals surface area contributed by atoms with Crippen LogP contribution in [0.3, 0.4) is 0 Å². The SMILES string of the molecule is CC(=O)N1CCC[C@](O)(C(=O)N2CC=C(c3cccc(C)c3)CC2)C1. The highest BCUT2D eigenvalue weighted by Crippen LogP contribution is 2.27. The number of carbonyl (C=O) groups is 2. The van der Waals surface area contributed by atoms with Crippen molar-refractivity contribution in [3.8, 4) is 0 Å². The maximum atomic E-state index is 12.8. The lowest BCUT2D eigenvalue weighted by Crippen LogP contribution is -2.59. The monoisotopic (exact) mass is 342 g/mol. The minimum atomic E-state index is -1.45. The highest BCUT2D eigenvalue weighted by Gasteiger charge is 2.43. The summed E-state index contributed by atoms with van der Waals surface area (Å²) in [6.07, 6.45) is 3.92. The van der Waals surface area contributed by atoms with E-state index in [2.05, 4.69) is 31.2 Å². The predicted octanol–water partition coefficient (Wildman–Crippen LogP) is 1.98. The summed E-state index contributed by atoms with van der Waals surface area (Å²) in [7, 11) is 0. The summed E-state index contributed by atoms with van der Waals surface area (Å²) in [4.78, 5) is 27.7. The Morgan fingerprint density at radius 1 is 1.20 bits per heavy atom. The van der Waals surface area contributed by atoms with Gasteiger partial charge in [0.25, 0.3) is 5.91 Å². The molecule has 1 saturated heterocycles. The number of hydrogen-bond donors (Lipinski definition) is 1. The van der Waals surface area contributed by atoms with Crippen molar-refractivity contribution < 1.29 is 14.7 Å². The van der Waals surface area contributed by atoms with Crippen LogP contribution in [0.2, 0.25) is 0 Å². The van der Waals surface area contributed by atoms with Gasteiger partial charge in [0.2, 0.25) is 5.91 Å². The molecule has 3 rings (SSSR count). The number of piperidine rings is 1. The first-order valence-corrected chi connectivity index (χ1v) is 8.92. The van der Waals surface area contributed by atoms with E-state index in [1.54, 1.807) is 9.80 Å². The van der Waals surface area contributed by atoms with E-state index in [1.165, 1.54) is 23.6 Å². The van der Waals surface area contributed by atoms with Crippen molar-refractivity contribution in [1.82, 2.24) is 9.80 Å². The van der Waals surface area contributed by atoms with E-state index < -0.39 is 5.60 Å². The number of amides is 2. The normalized spacial score (nSPS) is 24.0. The van der Waals surface area contributed by atoms with Crippen molar-refractivity contribution in [2.45, 2.75) is 38.7 Å². The summed E-state index contributed by atoms with van der Waals surface area (Å²) >= 11 is 0. The maximum absolute atomic E-state index is 12.8. The van der Waals surface area contributed by atoms with E-state index in [1.807, 2.05) is 6.07 Å². The van der Waals surface area contributed by atoms with Gasteiger partial charge in [0.1, 0.15) is 0 Å². The van der Waals surface area contributed by atoms with E-state index >= 15 is 0 Å². The van der Waals surface area contributed by atoms with Crippen LogP contribution < -0.4 is 0 Å². The second kappa shape index (κ2) is 7.00. The maximum Gasteiger partial charge on any atom is 0.256 e. The zero-order chi connectivity index (χ0) is 18.0. The number of benzene rings is 1. The zero-order valence-corrected chi connectivity index (χ0v) is 15.0. The van der Waals surface area contributed by atoms with Gasteiger partial charge in [-0.25, -0.2) is 0 Å². The molecule has 1 fully saturated rings. The van der Waals surface area contributed by atoms with Crippen molar-refractivity contribution in [3.63, 3.8) is 0 Å². The van der Waals surface area contributed by atoms with Crippen LogP contribution >= 0.6 is 0 Å². The fourth-order valence-electron chi connectivity index (χ4n) is 3.73. The molecule has 2 amide bonds. The van der Waals surface area contributed by atoms with Gasteiger partial charge in [-0.05, 0) is 37.3 Å². The minimum Gasteiger partial charge on any atom is -0.378 e. The molecule has 25 heavy (non-hydrogen) atoms. The Morgan fingerprint density at radius 2 is 2.00 bits per heavy atom. The van der Waals surface area contributed by atoms with Crippen LogP contribution in [0, 0.1) is 6.92 Å². The van der Waals surface area contributed by atoms with Gasteiger partial charge in [0.05, 0.1) is 6.54 Å². The van der Waals surface area contributed by atoms with E-state index in [9.17, 15) is 14.7 Å². The molecule has 2 aliphatic rings. The Balaban J connectivity index is 1.69. The van der Waals surface area contributed by atoms with E-state index in [0.29, 0.717) is 32.5 Å². The summed E-state index contributed by atoms with van der Waals surface area (Å²) in [6, 6.07) is 8.37. The summed E-state index contributed by atoms with van der Waals surface area (Å²) in [5.41, 5.74) is 2.22. The molecule has 0 bridgehead atoms. The van der Waals surface area contributed by atoms with Crippen molar-refractivity contribution in [2.75, 3.05) is 26.2 Å². The Hall–Kier alpha value is -2.14. The topological polar surface area (TPSA) is 60.9 Å². The molecule has 0 spiro atoms. The highest BCUT2D eigenvalue weighted by atomic mass is 16.3. The third-order valence-electron chi connectivity index (χ3n) is 5.20. The van der Waals surface area contributed by atoms with Crippen molar-refractivity contribution in [1.29, 1.82) is 0 Å². The van der Waals surface area contributed by atoms with E-state index in [-0.39, 0.29) is 18.4 Å². The lowest BCUT2D eigenvalue weighted by atomic mass is 9.90. The van der Waals surface area contributed by atoms with E-state index in [0.717, 1.165) is 6.42 Å². The number of nitrogens with zero attached hydrogens (tertiary/aromatic N) is 2. The number of carbonyl (C=O) groups excluding carboxylic acids is 2. The van der Waals surface area contributed by atoms with Crippen LogP contribution in [0.4, 0.5) is 0 Å². The third kappa shape index (κ3) is 3.76. The van der Waals surface area contributed by atoms with Gasteiger partial charge in [0, 0.05) is 26.6 Å². The highest BCUT2D eigenvalue weighted by molar-refractivity contribution is 5.87. The molecule has 0 unspecified atom stereocenters. The summed E-state index contributed by atoms with van der Waals surface area (Å²) in [5, 5.41) is 10.8. The van der Waals surface area contributed by atoms with Crippen LogP contribution in [-0.4, -0.2) is 58.5 Å². The fourth-order valence-corrected chi connectivity index (χ4v) is 3.73. The van der Waals surface area contributed by atoms with Gasteiger partial charge in [0.15, 0.2) is 5.60 Å². The van der Waals surface area contributed by atoms with Gasteiger partial charge < -0.3 is 14.9 Å². The molecule has 1 atom stereocenters. The molecule has 0 aromatic heterocycles. The van der Waals surface area contributed by atoms with Gasteiger partial charge >= 0.3 is 0 Å². The second-order valence-electron chi connectivity index (χ2n) is 7.18. The lowest BCUT2D eigenvalue weighted by molar-refractivity contribution is -0.159. The van der Waals surface area contributed by atoms with Gasteiger partial charge in [-0.3, -0.25) is 9.59 Å².